The van der Waals surface area contributed by atoms with E-state index in [-0.39, 0.29) is 11.5 Å². The zero-order valence-electron chi connectivity index (χ0n) is 10.8. The van der Waals surface area contributed by atoms with Gasteiger partial charge in [0.2, 0.25) is 0 Å². The van der Waals surface area contributed by atoms with Crippen LogP contribution in [0.2, 0.25) is 0 Å². The third kappa shape index (κ3) is 4.06. The molecule has 0 atom stereocenters. The Morgan fingerprint density at radius 2 is 1.94 bits per heavy atom. The standard InChI is InChI=1S/C16H18O2/c1-3-8-13(9-4-2)15(17)12-16(18)14-10-6-5-7-11-14/h3,5-12,18H,4H2,1-2H3/b8-3-,13-9+,16-12-. The monoisotopic (exact) mass is 242 g/mol. The third-order valence-electron chi connectivity index (χ3n) is 2.39. The van der Waals surface area contributed by atoms with Gasteiger partial charge in [-0.25, -0.2) is 0 Å². The van der Waals surface area contributed by atoms with E-state index in [0.29, 0.717) is 11.1 Å². The molecular formula is C16H18O2. The Kier molecular flexibility index (Phi) is 5.65. The highest BCUT2D eigenvalue weighted by Crippen LogP contribution is 2.12. The maximum atomic E-state index is 12.0. The second-order valence-electron chi connectivity index (χ2n) is 3.83. The summed E-state index contributed by atoms with van der Waals surface area (Å²) in [6.45, 7) is 3.83. The predicted molar refractivity (Wildman–Crippen MR) is 75.2 cm³/mol. The van der Waals surface area contributed by atoms with Crippen LogP contribution in [0.3, 0.4) is 0 Å². The van der Waals surface area contributed by atoms with Gasteiger partial charge in [0, 0.05) is 17.2 Å². The second-order valence-corrected chi connectivity index (χ2v) is 3.83. The third-order valence-corrected chi connectivity index (χ3v) is 2.39. The first-order valence-electron chi connectivity index (χ1n) is 6.02. The summed E-state index contributed by atoms with van der Waals surface area (Å²) < 4.78 is 0. The van der Waals surface area contributed by atoms with Crippen LogP contribution < -0.4 is 0 Å². The molecule has 0 aromatic heterocycles. The van der Waals surface area contributed by atoms with Crippen molar-refractivity contribution in [2.75, 3.05) is 0 Å². The lowest BCUT2D eigenvalue weighted by Gasteiger charge is -2.00. The van der Waals surface area contributed by atoms with E-state index in [2.05, 4.69) is 0 Å². The van der Waals surface area contributed by atoms with Crippen molar-refractivity contribution < 1.29 is 9.90 Å². The van der Waals surface area contributed by atoms with Crippen molar-refractivity contribution in [2.45, 2.75) is 20.3 Å². The first-order valence-corrected chi connectivity index (χ1v) is 6.02. The molecule has 0 unspecified atom stereocenters. The lowest BCUT2D eigenvalue weighted by atomic mass is 10.1. The molecule has 1 aromatic rings. The fraction of sp³-hybridized carbons (Fsp3) is 0.188. The highest BCUT2D eigenvalue weighted by atomic mass is 16.3. The number of rotatable bonds is 5. The summed E-state index contributed by atoms with van der Waals surface area (Å²) in [4.78, 5) is 12.0. The van der Waals surface area contributed by atoms with E-state index in [1.54, 1.807) is 18.2 Å². The van der Waals surface area contributed by atoms with Gasteiger partial charge in [-0.3, -0.25) is 4.79 Å². The molecule has 0 aliphatic heterocycles. The van der Waals surface area contributed by atoms with Crippen molar-refractivity contribution in [3.8, 4) is 0 Å². The Morgan fingerprint density at radius 1 is 1.28 bits per heavy atom. The fourth-order valence-corrected chi connectivity index (χ4v) is 1.55. The van der Waals surface area contributed by atoms with E-state index in [1.807, 2.05) is 44.2 Å². The van der Waals surface area contributed by atoms with Crippen LogP contribution in [0.1, 0.15) is 25.8 Å². The predicted octanol–water partition coefficient (Wildman–Crippen LogP) is 4.07. The molecule has 0 aliphatic carbocycles. The van der Waals surface area contributed by atoms with Crippen molar-refractivity contribution in [2.24, 2.45) is 0 Å². The zero-order valence-corrected chi connectivity index (χ0v) is 10.8. The van der Waals surface area contributed by atoms with Crippen LogP contribution in [0.5, 0.6) is 0 Å². The summed E-state index contributed by atoms with van der Waals surface area (Å²) in [6, 6.07) is 9.02. The number of aliphatic hydroxyl groups is 1. The SMILES string of the molecule is C/C=C\C(=C/CC)C(=O)/C=C(\O)c1ccccc1. The molecule has 0 spiro atoms. The average Bonchev–Trinajstić information content (AvgIpc) is 2.39. The molecule has 1 rings (SSSR count). The van der Waals surface area contributed by atoms with E-state index >= 15 is 0 Å². The lowest BCUT2D eigenvalue weighted by Crippen LogP contribution is -1.98. The number of hydrogen-bond acceptors (Lipinski definition) is 2. The Hall–Kier alpha value is -2.09. The van der Waals surface area contributed by atoms with Crippen LogP contribution in [-0.2, 0) is 4.79 Å². The van der Waals surface area contributed by atoms with E-state index in [4.69, 9.17) is 0 Å². The Balaban J connectivity index is 2.95. The van der Waals surface area contributed by atoms with Crippen LogP contribution in [0.15, 0.2) is 60.2 Å². The van der Waals surface area contributed by atoms with Crippen molar-refractivity contribution in [3.63, 3.8) is 0 Å². The number of aliphatic hydroxyl groups excluding tert-OH is 1. The van der Waals surface area contributed by atoms with E-state index in [9.17, 15) is 9.90 Å². The minimum atomic E-state index is -0.184. The fourth-order valence-electron chi connectivity index (χ4n) is 1.55. The lowest BCUT2D eigenvalue weighted by molar-refractivity contribution is -0.111. The molecule has 1 aromatic carbocycles. The molecular weight excluding hydrogens is 224 g/mol. The van der Waals surface area contributed by atoms with Gasteiger partial charge in [0.05, 0.1) is 0 Å². The summed E-state index contributed by atoms with van der Waals surface area (Å²) in [5.41, 5.74) is 1.24. The van der Waals surface area contributed by atoms with Gasteiger partial charge in [-0.15, -0.1) is 0 Å². The van der Waals surface area contributed by atoms with Gasteiger partial charge in [0.1, 0.15) is 5.76 Å². The molecule has 0 saturated heterocycles. The molecule has 2 heteroatoms. The summed E-state index contributed by atoms with van der Waals surface area (Å²) in [5.74, 6) is -0.191. The van der Waals surface area contributed by atoms with Crippen LogP contribution in [0.4, 0.5) is 0 Å². The normalized spacial score (nSPS) is 13.0. The Labute approximate surface area is 108 Å². The second kappa shape index (κ2) is 7.28. The van der Waals surface area contributed by atoms with Gasteiger partial charge < -0.3 is 5.11 Å². The molecule has 0 heterocycles. The maximum absolute atomic E-state index is 12.0. The highest BCUT2D eigenvalue weighted by Gasteiger charge is 2.05. The van der Waals surface area contributed by atoms with Gasteiger partial charge in [-0.05, 0) is 13.3 Å². The molecule has 1 N–H and O–H groups in total. The van der Waals surface area contributed by atoms with Crippen LogP contribution in [0.25, 0.3) is 5.76 Å². The van der Waals surface area contributed by atoms with Crippen LogP contribution >= 0.6 is 0 Å². The Bertz CT molecular complexity index is 479. The van der Waals surface area contributed by atoms with Crippen molar-refractivity contribution in [1.29, 1.82) is 0 Å². The van der Waals surface area contributed by atoms with E-state index in [1.165, 1.54) is 6.08 Å². The highest BCUT2D eigenvalue weighted by molar-refractivity contribution is 6.09. The molecule has 0 amide bonds. The number of allylic oxidation sites excluding steroid dienone is 5. The van der Waals surface area contributed by atoms with Crippen molar-refractivity contribution >= 4 is 11.5 Å². The molecule has 0 saturated carbocycles. The van der Waals surface area contributed by atoms with Gasteiger partial charge >= 0.3 is 0 Å². The number of benzene rings is 1. The quantitative estimate of drug-likeness (QED) is 0.480. The summed E-state index contributed by atoms with van der Waals surface area (Å²) >= 11 is 0. The summed E-state index contributed by atoms with van der Waals surface area (Å²) in [5, 5.41) is 9.87. The molecule has 0 bridgehead atoms. The molecule has 0 fully saturated rings. The van der Waals surface area contributed by atoms with Crippen molar-refractivity contribution in [3.05, 3.63) is 65.8 Å². The number of carbonyl (C=O) groups excluding carboxylic acids is 1. The van der Waals surface area contributed by atoms with E-state index < -0.39 is 0 Å². The molecule has 0 radical (unpaired) electrons. The van der Waals surface area contributed by atoms with Crippen LogP contribution in [0, 0.1) is 0 Å². The average molecular weight is 242 g/mol. The zero-order chi connectivity index (χ0) is 13.4. The van der Waals surface area contributed by atoms with Crippen LogP contribution in [-0.4, -0.2) is 10.9 Å². The largest absolute Gasteiger partial charge is 0.507 e. The number of ketones is 1. The minimum Gasteiger partial charge on any atom is -0.507 e. The minimum absolute atomic E-state index is 0.00731. The van der Waals surface area contributed by atoms with Gasteiger partial charge in [0.25, 0.3) is 0 Å². The first kappa shape index (κ1) is 14.0. The Morgan fingerprint density at radius 3 is 2.50 bits per heavy atom. The number of hydrogen-bond donors (Lipinski definition) is 1. The first-order chi connectivity index (χ1) is 8.69. The van der Waals surface area contributed by atoms with Gasteiger partial charge in [-0.1, -0.05) is 55.5 Å². The molecule has 0 aliphatic rings. The van der Waals surface area contributed by atoms with Gasteiger partial charge in [-0.2, -0.15) is 0 Å². The maximum Gasteiger partial charge on any atom is 0.189 e. The van der Waals surface area contributed by atoms with E-state index in [0.717, 1.165) is 6.42 Å². The molecule has 2 nitrogen and oxygen atoms in total. The van der Waals surface area contributed by atoms with Gasteiger partial charge in [0.15, 0.2) is 5.78 Å². The smallest absolute Gasteiger partial charge is 0.189 e. The van der Waals surface area contributed by atoms with Crippen molar-refractivity contribution in [1.82, 2.24) is 0 Å². The summed E-state index contributed by atoms with van der Waals surface area (Å²) in [6.07, 6.45) is 7.45. The number of carbonyl (C=O) groups is 1. The summed E-state index contributed by atoms with van der Waals surface area (Å²) in [7, 11) is 0. The topological polar surface area (TPSA) is 37.3 Å². The molecule has 18 heavy (non-hydrogen) atoms. The molecule has 94 valence electrons.